The summed E-state index contributed by atoms with van der Waals surface area (Å²) in [6, 6.07) is 5.10. The molecule has 0 aromatic heterocycles. The highest BCUT2D eigenvalue weighted by Crippen LogP contribution is 2.24. The molecule has 1 aromatic carbocycles. The highest BCUT2D eigenvalue weighted by molar-refractivity contribution is 9.10. The fourth-order valence-electron chi connectivity index (χ4n) is 2.20. The Balaban J connectivity index is 2.16. The molecule has 18 heavy (non-hydrogen) atoms. The van der Waals surface area contributed by atoms with Crippen LogP contribution in [0.4, 0.5) is 0 Å². The fraction of sp³-hybridized carbons (Fsp3) is 0.462. The lowest BCUT2D eigenvalue weighted by Crippen LogP contribution is -2.46. The average Bonchev–Trinajstić information content (AvgIpc) is 2.41. The molecule has 4 nitrogen and oxygen atoms in total. The Labute approximate surface area is 115 Å². The van der Waals surface area contributed by atoms with Crippen molar-refractivity contribution in [2.24, 2.45) is 0 Å². The van der Waals surface area contributed by atoms with Crippen molar-refractivity contribution in [1.82, 2.24) is 10.2 Å². The second-order valence-electron chi connectivity index (χ2n) is 4.58. The highest BCUT2D eigenvalue weighted by atomic mass is 79.9. The molecule has 1 saturated heterocycles. The summed E-state index contributed by atoms with van der Waals surface area (Å²) in [4.78, 5) is 14.1. The number of phenols is 1. The van der Waals surface area contributed by atoms with E-state index >= 15 is 0 Å². The van der Waals surface area contributed by atoms with Crippen LogP contribution in [0.15, 0.2) is 22.7 Å². The number of aromatic hydroxyl groups is 1. The Hall–Kier alpha value is -1.07. The lowest BCUT2D eigenvalue weighted by Gasteiger charge is -2.31. The van der Waals surface area contributed by atoms with Crippen LogP contribution in [0.1, 0.15) is 23.2 Å². The Morgan fingerprint density at radius 1 is 1.56 bits per heavy atom. The third-order valence-corrected chi connectivity index (χ3v) is 3.82. The second-order valence-corrected chi connectivity index (χ2v) is 5.49. The van der Waals surface area contributed by atoms with Crippen LogP contribution in [0.3, 0.4) is 0 Å². The summed E-state index contributed by atoms with van der Waals surface area (Å²) >= 11 is 3.32. The maximum Gasteiger partial charge on any atom is 0.257 e. The van der Waals surface area contributed by atoms with Gasteiger partial charge in [-0.15, -0.1) is 0 Å². The number of carbonyl (C=O) groups is 1. The van der Waals surface area contributed by atoms with Crippen molar-refractivity contribution < 1.29 is 9.90 Å². The number of carbonyl (C=O) groups excluding carboxylic acids is 1. The first kappa shape index (κ1) is 13.4. The number of hydrogen-bond acceptors (Lipinski definition) is 3. The molecule has 1 amide bonds. The fourth-order valence-corrected chi connectivity index (χ4v) is 2.56. The molecule has 0 radical (unpaired) electrons. The zero-order chi connectivity index (χ0) is 13.1. The van der Waals surface area contributed by atoms with E-state index < -0.39 is 0 Å². The van der Waals surface area contributed by atoms with Gasteiger partial charge in [0.2, 0.25) is 0 Å². The third-order valence-electron chi connectivity index (χ3n) is 3.33. The Kier molecular flexibility index (Phi) is 4.24. The molecule has 1 unspecified atom stereocenters. The van der Waals surface area contributed by atoms with Gasteiger partial charge in [-0.2, -0.15) is 0 Å². The van der Waals surface area contributed by atoms with Crippen molar-refractivity contribution in [3.05, 3.63) is 28.2 Å². The number of amides is 1. The van der Waals surface area contributed by atoms with Crippen LogP contribution in [0.2, 0.25) is 0 Å². The molecule has 2 N–H and O–H groups in total. The van der Waals surface area contributed by atoms with Gasteiger partial charge in [0.15, 0.2) is 0 Å². The van der Waals surface area contributed by atoms with Gasteiger partial charge < -0.3 is 15.3 Å². The van der Waals surface area contributed by atoms with Gasteiger partial charge in [0, 0.05) is 24.1 Å². The summed E-state index contributed by atoms with van der Waals surface area (Å²) in [6.07, 6.45) is 2.08. The lowest BCUT2D eigenvalue weighted by molar-refractivity contribution is 0.0705. The maximum atomic E-state index is 12.3. The van der Waals surface area contributed by atoms with Crippen LogP contribution in [0.5, 0.6) is 5.75 Å². The molecule has 0 aliphatic carbocycles. The van der Waals surface area contributed by atoms with Crippen molar-refractivity contribution in [3.8, 4) is 5.75 Å². The van der Waals surface area contributed by atoms with Crippen LogP contribution in [0, 0.1) is 0 Å². The standard InChI is InChI=1S/C13H17BrN2O2/c1-16(10-3-2-6-15-8-10)13(18)11-7-9(14)4-5-12(11)17/h4-5,7,10,15,17H,2-3,6,8H2,1H3. The largest absolute Gasteiger partial charge is 0.507 e. The van der Waals surface area contributed by atoms with Gasteiger partial charge in [-0.1, -0.05) is 15.9 Å². The van der Waals surface area contributed by atoms with E-state index in [1.165, 1.54) is 6.07 Å². The Morgan fingerprint density at radius 3 is 3.00 bits per heavy atom. The van der Waals surface area contributed by atoms with Gasteiger partial charge in [0.25, 0.3) is 5.91 Å². The number of phenolic OH excluding ortho intramolecular Hbond substituents is 1. The van der Waals surface area contributed by atoms with E-state index in [2.05, 4.69) is 21.2 Å². The van der Waals surface area contributed by atoms with Crippen LogP contribution >= 0.6 is 15.9 Å². The molecule has 0 bridgehead atoms. The Bertz CT molecular complexity index is 445. The SMILES string of the molecule is CN(C(=O)c1cc(Br)ccc1O)C1CCCNC1. The molecule has 1 heterocycles. The molecule has 1 atom stereocenters. The predicted molar refractivity (Wildman–Crippen MR) is 73.8 cm³/mol. The summed E-state index contributed by atoms with van der Waals surface area (Å²) < 4.78 is 0.791. The van der Waals surface area contributed by atoms with E-state index in [0.717, 1.165) is 30.4 Å². The van der Waals surface area contributed by atoms with Crippen LogP contribution < -0.4 is 5.32 Å². The molecule has 5 heteroatoms. The predicted octanol–water partition coefficient (Wildman–Crippen LogP) is 1.98. The summed E-state index contributed by atoms with van der Waals surface area (Å²) in [6.45, 7) is 1.83. The van der Waals surface area contributed by atoms with Crippen LogP contribution in [-0.2, 0) is 0 Å². The molecule has 1 aliphatic rings. The van der Waals surface area contributed by atoms with Crippen molar-refractivity contribution in [1.29, 1.82) is 0 Å². The number of rotatable bonds is 2. The second kappa shape index (κ2) is 5.71. The Morgan fingerprint density at radius 2 is 2.33 bits per heavy atom. The van der Waals surface area contributed by atoms with E-state index in [9.17, 15) is 9.90 Å². The van der Waals surface area contributed by atoms with Gasteiger partial charge >= 0.3 is 0 Å². The number of nitrogens with zero attached hydrogens (tertiary/aromatic N) is 1. The van der Waals surface area contributed by atoms with E-state index in [1.807, 2.05) is 0 Å². The normalized spacial score (nSPS) is 19.6. The van der Waals surface area contributed by atoms with Gasteiger partial charge in [0.05, 0.1) is 5.56 Å². The first-order chi connectivity index (χ1) is 8.59. The van der Waals surface area contributed by atoms with Gasteiger partial charge in [0.1, 0.15) is 5.75 Å². The zero-order valence-corrected chi connectivity index (χ0v) is 11.9. The van der Waals surface area contributed by atoms with E-state index in [1.54, 1.807) is 24.1 Å². The van der Waals surface area contributed by atoms with Gasteiger partial charge in [-0.25, -0.2) is 0 Å². The summed E-state index contributed by atoms with van der Waals surface area (Å²) in [5.41, 5.74) is 0.345. The van der Waals surface area contributed by atoms with Crippen molar-refractivity contribution >= 4 is 21.8 Å². The average molecular weight is 313 g/mol. The van der Waals surface area contributed by atoms with Crippen LogP contribution in [0.25, 0.3) is 0 Å². The number of halogens is 1. The molecular weight excluding hydrogens is 296 g/mol. The monoisotopic (exact) mass is 312 g/mol. The van der Waals surface area contributed by atoms with Gasteiger partial charge in [-0.3, -0.25) is 4.79 Å². The number of benzene rings is 1. The smallest absolute Gasteiger partial charge is 0.257 e. The van der Waals surface area contributed by atoms with Crippen molar-refractivity contribution in [3.63, 3.8) is 0 Å². The third kappa shape index (κ3) is 2.84. The topological polar surface area (TPSA) is 52.6 Å². The first-order valence-electron chi connectivity index (χ1n) is 6.06. The number of likely N-dealkylation sites (N-methyl/N-ethyl adjacent to an activating group) is 1. The quantitative estimate of drug-likeness (QED) is 0.878. The minimum atomic E-state index is -0.137. The summed E-state index contributed by atoms with van der Waals surface area (Å²) in [5.74, 6) is -0.110. The lowest BCUT2D eigenvalue weighted by atomic mass is 10.0. The van der Waals surface area contributed by atoms with E-state index in [-0.39, 0.29) is 17.7 Å². The zero-order valence-electron chi connectivity index (χ0n) is 10.3. The van der Waals surface area contributed by atoms with Crippen molar-refractivity contribution in [2.75, 3.05) is 20.1 Å². The molecule has 1 aromatic rings. The number of nitrogens with one attached hydrogen (secondary N) is 1. The highest BCUT2D eigenvalue weighted by Gasteiger charge is 2.24. The molecule has 2 rings (SSSR count). The molecule has 1 aliphatic heterocycles. The molecule has 98 valence electrons. The maximum absolute atomic E-state index is 12.3. The van der Waals surface area contributed by atoms with Crippen molar-refractivity contribution in [2.45, 2.75) is 18.9 Å². The minimum Gasteiger partial charge on any atom is -0.507 e. The summed E-state index contributed by atoms with van der Waals surface area (Å²) in [5, 5.41) is 13.1. The molecule has 1 fully saturated rings. The van der Waals surface area contributed by atoms with Crippen LogP contribution in [-0.4, -0.2) is 42.1 Å². The number of hydrogen-bond donors (Lipinski definition) is 2. The first-order valence-corrected chi connectivity index (χ1v) is 6.85. The molecular formula is C13H17BrN2O2. The summed E-state index contributed by atoms with van der Waals surface area (Å²) in [7, 11) is 1.79. The molecule has 0 saturated carbocycles. The van der Waals surface area contributed by atoms with E-state index in [0.29, 0.717) is 5.56 Å². The number of piperidine rings is 1. The molecule has 0 spiro atoms. The van der Waals surface area contributed by atoms with Gasteiger partial charge in [-0.05, 0) is 37.6 Å². The van der Waals surface area contributed by atoms with E-state index in [4.69, 9.17) is 0 Å². The minimum absolute atomic E-state index is 0.0267.